The summed E-state index contributed by atoms with van der Waals surface area (Å²) in [7, 11) is 0. The molecule has 4 heteroatoms. The van der Waals surface area contributed by atoms with E-state index >= 15 is 0 Å². The third-order valence-corrected chi connectivity index (χ3v) is 4.75. The normalized spacial score (nSPS) is 18.7. The van der Waals surface area contributed by atoms with Crippen LogP contribution in [0.1, 0.15) is 32.1 Å². The van der Waals surface area contributed by atoms with E-state index in [0.717, 1.165) is 28.8 Å². The fraction of sp³-hybridized carbons (Fsp3) is 0.533. The van der Waals surface area contributed by atoms with Crippen molar-refractivity contribution in [3.8, 4) is 0 Å². The molecule has 19 heavy (non-hydrogen) atoms. The van der Waals surface area contributed by atoms with Crippen molar-refractivity contribution in [2.45, 2.75) is 43.1 Å². The van der Waals surface area contributed by atoms with Crippen molar-refractivity contribution < 1.29 is 9.53 Å². The summed E-state index contributed by atoms with van der Waals surface area (Å²) in [5.41, 5.74) is 0. The Morgan fingerprint density at radius 1 is 1.47 bits per heavy atom. The fourth-order valence-electron chi connectivity index (χ4n) is 2.19. The lowest BCUT2D eigenvalue weighted by atomic mass is 10.1. The van der Waals surface area contributed by atoms with E-state index in [0.29, 0.717) is 24.1 Å². The monoisotopic (exact) mass is 342 g/mol. The van der Waals surface area contributed by atoms with Crippen molar-refractivity contribution in [3.05, 3.63) is 28.7 Å². The highest BCUT2D eigenvalue weighted by Gasteiger charge is 2.15. The van der Waals surface area contributed by atoms with E-state index < -0.39 is 0 Å². The highest BCUT2D eigenvalue weighted by molar-refractivity contribution is 9.10. The first-order valence-electron chi connectivity index (χ1n) is 6.76. The van der Waals surface area contributed by atoms with Gasteiger partial charge in [0.2, 0.25) is 0 Å². The molecule has 0 saturated carbocycles. The zero-order chi connectivity index (χ0) is 13.5. The van der Waals surface area contributed by atoms with Crippen molar-refractivity contribution in [1.29, 1.82) is 0 Å². The molecule has 1 fully saturated rings. The van der Waals surface area contributed by atoms with Crippen molar-refractivity contribution in [2.24, 2.45) is 0 Å². The maximum atomic E-state index is 11.8. The van der Waals surface area contributed by atoms with Crippen molar-refractivity contribution in [2.75, 3.05) is 12.4 Å². The Labute approximate surface area is 127 Å². The van der Waals surface area contributed by atoms with Crippen molar-refractivity contribution >= 4 is 33.5 Å². The van der Waals surface area contributed by atoms with E-state index in [1.165, 1.54) is 12.8 Å². The average molecular weight is 343 g/mol. The molecule has 1 atom stereocenters. The summed E-state index contributed by atoms with van der Waals surface area (Å²) in [4.78, 5) is 12.9. The molecule has 104 valence electrons. The van der Waals surface area contributed by atoms with Crippen LogP contribution in [0.25, 0.3) is 0 Å². The topological polar surface area (TPSA) is 26.3 Å². The Kier molecular flexibility index (Phi) is 6.41. The molecule has 2 rings (SSSR count). The van der Waals surface area contributed by atoms with Gasteiger partial charge in [0, 0.05) is 22.4 Å². The highest BCUT2D eigenvalue weighted by atomic mass is 79.9. The number of thioether (sulfide) groups is 1. The summed E-state index contributed by atoms with van der Waals surface area (Å²) in [6.07, 6.45) is 5.43. The molecule has 1 aliphatic rings. The first kappa shape index (κ1) is 15.1. The Hall–Kier alpha value is -0.320. The van der Waals surface area contributed by atoms with Crippen molar-refractivity contribution in [3.63, 3.8) is 0 Å². The lowest BCUT2D eigenvalue weighted by Crippen LogP contribution is -2.07. The molecule has 1 aromatic carbocycles. The number of carbonyl (C=O) groups is 1. The molecule has 0 spiro atoms. The first-order valence-corrected chi connectivity index (χ1v) is 8.53. The van der Waals surface area contributed by atoms with E-state index in [2.05, 4.69) is 15.9 Å². The van der Waals surface area contributed by atoms with Crippen LogP contribution in [0, 0.1) is 0 Å². The number of carbonyl (C=O) groups excluding carboxylic acids is 1. The number of ketones is 1. The third-order valence-electron chi connectivity index (χ3n) is 3.20. The second-order valence-corrected chi connectivity index (χ2v) is 6.78. The standard InChI is InChI=1S/C15H19BrO2S/c16-12-4-1-8-15(10-12)19-11-13(17)5-2-6-14-7-3-9-18-14/h1,4,8,10,14H,2-3,5-7,9,11H2. The van der Waals surface area contributed by atoms with E-state index in [-0.39, 0.29) is 0 Å². The Morgan fingerprint density at radius 2 is 2.37 bits per heavy atom. The molecule has 0 N–H and O–H groups in total. The predicted molar refractivity (Wildman–Crippen MR) is 82.7 cm³/mol. The molecule has 1 heterocycles. The number of Topliss-reactive ketones (excluding diaryl/α,β-unsaturated/α-hetero) is 1. The van der Waals surface area contributed by atoms with Crippen LogP contribution < -0.4 is 0 Å². The number of halogens is 1. The average Bonchev–Trinajstić information content (AvgIpc) is 2.90. The highest BCUT2D eigenvalue weighted by Crippen LogP contribution is 2.23. The fourth-order valence-corrected chi connectivity index (χ4v) is 3.60. The molecule has 0 radical (unpaired) electrons. The molecule has 0 aliphatic carbocycles. The van der Waals surface area contributed by atoms with Gasteiger partial charge in [-0.15, -0.1) is 11.8 Å². The molecule has 1 saturated heterocycles. The zero-order valence-electron chi connectivity index (χ0n) is 10.9. The van der Waals surface area contributed by atoms with Crippen LogP contribution in [-0.2, 0) is 9.53 Å². The predicted octanol–water partition coefficient (Wildman–Crippen LogP) is 4.46. The minimum atomic E-state index is 0.336. The first-order chi connectivity index (χ1) is 9.24. The maximum absolute atomic E-state index is 11.8. The van der Waals surface area contributed by atoms with Crippen LogP contribution in [0.15, 0.2) is 33.6 Å². The number of hydrogen-bond donors (Lipinski definition) is 0. The van der Waals surface area contributed by atoms with Gasteiger partial charge in [0.05, 0.1) is 11.9 Å². The summed E-state index contributed by atoms with van der Waals surface area (Å²) in [5, 5.41) is 0. The van der Waals surface area contributed by atoms with E-state index in [9.17, 15) is 4.79 Å². The molecule has 0 bridgehead atoms. The van der Waals surface area contributed by atoms with Crippen LogP contribution in [0.5, 0.6) is 0 Å². The minimum absolute atomic E-state index is 0.336. The summed E-state index contributed by atoms with van der Waals surface area (Å²) in [6, 6.07) is 8.07. The van der Waals surface area contributed by atoms with Gasteiger partial charge < -0.3 is 4.74 Å². The van der Waals surface area contributed by atoms with E-state index in [1.807, 2.05) is 24.3 Å². The van der Waals surface area contributed by atoms with Crippen LogP contribution in [0.2, 0.25) is 0 Å². The number of ether oxygens (including phenoxy) is 1. The van der Waals surface area contributed by atoms with Gasteiger partial charge in [0.25, 0.3) is 0 Å². The molecule has 0 aromatic heterocycles. The summed E-state index contributed by atoms with van der Waals surface area (Å²) in [5.74, 6) is 0.907. The van der Waals surface area contributed by atoms with Crippen molar-refractivity contribution in [1.82, 2.24) is 0 Å². The van der Waals surface area contributed by atoms with Crippen LogP contribution in [0.3, 0.4) is 0 Å². The van der Waals surface area contributed by atoms with Gasteiger partial charge in [-0.2, -0.15) is 0 Å². The molecule has 1 aliphatic heterocycles. The van der Waals surface area contributed by atoms with Gasteiger partial charge in [0.1, 0.15) is 5.78 Å². The Bertz CT molecular complexity index is 416. The molecule has 1 unspecified atom stereocenters. The van der Waals surface area contributed by atoms with Gasteiger partial charge in [-0.25, -0.2) is 0 Å². The smallest absolute Gasteiger partial charge is 0.143 e. The molecule has 2 nitrogen and oxygen atoms in total. The molecule has 1 aromatic rings. The number of rotatable bonds is 7. The van der Waals surface area contributed by atoms with Crippen LogP contribution in [0.4, 0.5) is 0 Å². The van der Waals surface area contributed by atoms with Gasteiger partial charge >= 0.3 is 0 Å². The minimum Gasteiger partial charge on any atom is -0.378 e. The summed E-state index contributed by atoms with van der Waals surface area (Å²) >= 11 is 5.05. The lowest BCUT2D eigenvalue weighted by Gasteiger charge is -2.08. The van der Waals surface area contributed by atoms with Crippen LogP contribution in [-0.4, -0.2) is 24.2 Å². The second kappa shape index (κ2) is 8.08. The third kappa shape index (κ3) is 5.67. The lowest BCUT2D eigenvalue weighted by molar-refractivity contribution is -0.116. The SMILES string of the molecule is O=C(CCCC1CCCO1)CSc1cccc(Br)c1. The van der Waals surface area contributed by atoms with Gasteiger partial charge in [-0.1, -0.05) is 22.0 Å². The van der Waals surface area contributed by atoms with Gasteiger partial charge in [0.15, 0.2) is 0 Å². The summed E-state index contributed by atoms with van der Waals surface area (Å²) < 4.78 is 6.61. The number of benzene rings is 1. The largest absolute Gasteiger partial charge is 0.378 e. The molecule has 0 amide bonds. The molecular weight excluding hydrogens is 324 g/mol. The van der Waals surface area contributed by atoms with Gasteiger partial charge in [-0.05, 0) is 43.9 Å². The quantitative estimate of drug-likeness (QED) is 0.684. The Balaban J connectivity index is 1.61. The zero-order valence-corrected chi connectivity index (χ0v) is 13.3. The van der Waals surface area contributed by atoms with E-state index in [1.54, 1.807) is 11.8 Å². The summed E-state index contributed by atoms with van der Waals surface area (Å²) in [6.45, 7) is 0.900. The number of hydrogen-bond acceptors (Lipinski definition) is 3. The Morgan fingerprint density at radius 3 is 3.11 bits per heavy atom. The van der Waals surface area contributed by atoms with Crippen LogP contribution >= 0.6 is 27.7 Å². The van der Waals surface area contributed by atoms with Gasteiger partial charge in [-0.3, -0.25) is 4.79 Å². The molecular formula is C15H19BrO2S. The maximum Gasteiger partial charge on any atom is 0.143 e. The van der Waals surface area contributed by atoms with E-state index in [4.69, 9.17) is 4.74 Å². The second-order valence-electron chi connectivity index (χ2n) is 4.81.